The summed E-state index contributed by atoms with van der Waals surface area (Å²) >= 11 is 0. The molecule has 0 saturated heterocycles. The molecule has 0 aliphatic rings. The Morgan fingerprint density at radius 1 is 1.47 bits per heavy atom. The van der Waals surface area contributed by atoms with Crippen LogP contribution >= 0.6 is 0 Å². The highest BCUT2D eigenvalue weighted by Gasteiger charge is 2.20. The molecular weight excluding hydrogens is 234 g/mol. The standard InChI is InChI=1S/C9H6F2N4O2/c10-6-3-5(8(11)9(16)17)1-2-7(6)15-4-12-13-14-15/h1-4,8H,(H,16,17). The van der Waals surface area contributed by atoms with Gasteiger partial charge >= 0.3 is 5.97 Å². The fraction of sp³-hybridized carbons (Fsp3) is 0.111. The van der Waals surface area contributed by atoms with Gasteiger partial charge < -0.3 is 5.11 Å². The van der Waals surface area contributed by atoms with Crippen molar-refractivity contribution >= 4 is 5.97 Å². The number of hydrogen-bond donors (Lipinski definition) is 1. The maximum atomic E-state index is 13.6. The highest BCUT2D eigenvalue weighted by molar-refractivity contribution is 5.74. The number of aromatic nitrogens is 4. The molecular formula is C9H6F2N4O2. The Hall–Kier alpha value is -2.38. The molecule has 2 aromatic rings. The largest absolute Gasteiger partial charge is 0.479 e. The minimum Gasteiger partial charge on any atom is -0.479 e. The van der Waals surface area contributed by atoms with E-state index in [9.17, 15) is 13.6 Å². The van der Waals surface area contributed by atoms with Crippen LogP contribution in [-0.2, 0) is 4.79 Å². The molecule has 17 heavy (non-hydrogen) atoms. The maximum absolute atomic E-state index is 13.6. The lowest BCUT2D eigenvalue weighted by Gasteiger charge is -2.06. The molecule has 1 aromatic heterocycles. The van der Waals surface area contributed by atoms with Crippen LogP contribution in [0.2, 0.25) is 0 Å². The van der Waals surface area contributed by atoms with Crippen molar-refractivity contribution in [2.75, 3.05) is 0 Å². The van der Waals surface area contributed by atoms with Crippen molar-refractivity contribution in [2.45, 2.75) is 6.17 Å². The van der Waals surface area contributed by atoms with E-state index in [4.69, 9.17) is 5.11 Å². The van der Waals surface area contributed by atoms with Crippen LogP contribution in [0.3, 0.4) is 0 Å². The van der Waals surface area contributed by atoms with Gasteiger partial charge in [0.2, 0.25) is 6.17 Å². The van der Waals surface area contributed by atoms with E-state index in [0.29, 0.717) is 0 Å². The number of carboxylic acid groups (broad SMARTS) is 1. The minimum atomic E-state index is -2.26. The summed E-state index contributed by atoms with van der Waals surface area (Å²) in [5.41, 5.74) is -0.261. The van der Waals surface area contributed by atoms with Crippen molar-refractivity contribution in [3.63, 3.8) is 0 Å². The fourth-order valence-electron chi connectivity index (χ4n) is 1.28. The van der Waals surface area contributed by atoms with Gasteiger partial charge in [0, 0.05) is 5.56 Å². The van der Waals surface area contributed by atoms with Gasteiger partial charge in [0.15, 0.2) is 0 Å². The van der Waals surface area contributed by atoms with E-state index < -0.39 is 18.0 Å². The van der Waals surface area contributed by atoms with Crippen LogP contribution in [0.5, 0.6) is 0 Å². The first-order valence-electron chi connectivity index (χ1n) is 4.49. The Kier molecular flexibility index (Phi) is 2.77. The number of carboxylic acids is 1. The second-order valence-corrected chi connectivity index (χ2v) is 3.17. The number of benzene rings is 1. The fourth-order valence-corrected chi connectivity index (χ4v) is 1.28. The summed E-state index contributed by atoms with van der Waals surface area (Å²) in [6, 6.07) is 3.17. The van der Waals surface area contributed by atoms with Gasteiger partial charge in [0.25, 0.3) is 0 Å². The van der Waals surface area contributed by atoms with Gasteiger partial charge in [0.05, 0.1) is 0 Å². The Labute approximate surface area is 93.5 Å². The van der Waals surface area contributed by atoms with Crippen molar-refractivity contribution in [3.05, 3.63) is 35.9 Å². The monoisotopic (exact) mass is 240 g/mol. The Balaban J connectivity index is 2.39. The zero-order valence-electron chi connectivity index (χ0n) is 8.29. The molecule has 0 radical (unpaired) electrons. The van der Waals surface area contributed by atoms with Gasteiger partial charge in [-0.05, 0) is 22.6 Å². The van der Waals surface area contributed by atoms with E-state index in [1.807, 2.05) is 0 Å². The quantitative estimate of drug-likeness (QED) is 0.861. The summed E-state index contributed by atoms with van der Waals surface area (Å²) in [7, 11) is 0. The zero-order chi connectivity index (χ0) is 12.4. The number of alkyl halides is 1. The first kappa shape index (κ1) is 11.1. The SMILES string of the molecule is O=C(O)C(F)c1ccc(-n2cnnn2)c(F)c1. The lowest BCUT2D eigenvalue weighted by Crippen LogP contribution is -2.07. The van der Waals surface area contributed by atoms with Crippen LogP contribution in [0.4, 0.5) is 8.78 Å². The van der Waals surface area contributed by atoms with Crippen LogP contribution in [0.25, 0.3) is 5.69 Å². The molecule has 88 valence electrons. The van der Waals surface area contributed by atoms with Crippen LogP contribution in [0, 0.1) is 5.82 Å². The number of nitrogens with zero attached hydrogens (tertiary/aromatic N) is 4. The lowest BCUT2D eigenvalue weighted by molar-refractivity contribution is -0.143. The van der Waals surface area contributed by atoms with E-state index in [1.165, 1.54) is 18.5 Å². The van der Waals surface area contributed by atoms with Gasteiger partial charge in [-0.25, -0.2) is 13.6 Å². The Morgan fingerprint density at radius 3 is 2.76 bits per heavy atom. The second-order valence-electron chi connectivity index (χ2n) is 3.17. The van der Waals surface area contributed by atoms with Crippen molar-refractivity contribution in [1.82, 2.24) is 20.2 Å². The third kappa shape index (κ3) is 2.10. The zero-order valence-corrected chi connectivity index (χ0v) is 8.29. The summed E-state index contributed by atoms with van der Waals surface area (Å²) in [6.07, 6.45) is -1.09. The van der Waals surface area contributed by atoms with Crippen LogP contribution in [0.1, 0.15) is 11.7 Å². The molecule has 6 nitrogen and oxygen atoms in total. The maximum Gasteiger partial charge on any atom is 0.343 e. The number of tetrazole rings is 1. The topological polar surface area (TPSA) is 80.9 Å². The molecule has 0 saturated carbocycles. The van der Waals surface area contributed by atoms with E-state index in [2.05, 4.69) is 15.5 Å². The van der Waals surface area contributed by atoms with Gasteiger partial charge in [0.1, 0.15) is 17.8 Å². The summed E-state index contributed by atoms with van der Waals surface area (Å²) < 4.78 is 27.7. The lowest BCUT2D eigenvalue weighted by atomic mass is 10.1. The van der Waals surface area contributed by atoms with E-state index >= 15 is 0 Å². The molecule has 0 aliphatic heterocycles. The van der Waals surface area contributed by atoms with Gasteiger partial charge in [-0.1, -0.05) is 6.07 Å². The van der Waals surface area contributed by atoms with E-state index in [1.54, 1.807) is 0 Å². The van der Waals surface area contributed by atoms with Crippen LogP contribution in [0.15, 0.2) is 24.5 Å². The molecule has 0 fully saturated rings. The molecule has 0 amide bonds. The Morgan fingerprint density at radius 2 is 2.24 bits per heavy atom. The molecule has 1 N–H and O–H groups in total. The average molecular weight is 240 g/mol. The number of carbonyl (C=O) groups is 1. The van der Waals surface area contributed by atoms with Crippen molar-refractivity contribution < 1.29 is 18.7 Å². The van der Waals surface area contributed by atoms with Crippen LogP contribution in [-0.4, -0.2) is 31.3 Å². The number of aliphatic carboxylic acids is 1. The predicted molar refractivity (Wildman–Crippen MR) is 50.6 cm³/mol. The summed E-state index contributed by atoms with van der Waals surface area (Å²) in [5.74, 6) is -2.47. The predicted octanol–water partition coefficient (Wildman–Crippen LogP) is 0.897. The highest BCUT2D eigenvalue weighted by Crippen LogP contribution is 2.21. The van der Waals surface area contributed by atoms with Crippen molar-refractivity contribution in [3.8, 4) is 5.69 Å². The normalized spacial score (nSPS) is 12.4. The summed E-state index contributed by atoms with van der Waals surface area (Å²) in [4.78, 5) is 10.4. The van der Waals surface area contributed by atoms with E-state index in [-0.39, 0.29) is 11.3 Å². The van der Waals surface area contributed by atoms with Crippen molar-refractivity contribution in [2.24, 2.45) is 0 Å². The molecule has 1 aromatic carbocycles. The van der Waals surface area contributed by atoms with Crippen molar-refractivity contribution in [1.29, 1.82) is 0 Å². The van der Waals surface area contributed by atoms with E-state index in [0.717, 1.165) is 10.7 Å². The molecule has 1 heterocycles. The molecule has 1 unspecified atom stereocenters. The first-order chi connectivity index (χ1) is 8.09. The Bertz CT molecular complexity index is 544. The highest BCUT2D eigenvalue weighted by atomic mass is 19.1. The molecule has 8 heteroatoms. The van der Waals surface area contributed by atoms with Gasteiger partial charge in [-0.3, -0.25) is 0 Å². The molecule has 2 rings (SSSR count). The minimum absolute atomic E-state index is 0.0105. The molecule has 0 bridgehead atoms. The number of halogens is 2. The third-order valence-electron chi connectivity index (χ3n) is 2.08. The second kappa shape index (κ2) is 4.24. The number of hydrogen-bond acceptors (Lipinski definition) is 4. The summed E-state index contributed by atoms with van der Waals surface area (Å²) in [5, 5.41) is 18.6. The molecule has 1 atom stereocenters. The number of rotatable bonds is 3. The molecule has 0 spiro atoms. The van der Waals surface area contributed by atoms with Gasteiger partial charge in [-0.2, -0.15) is 4.68 Å². The average Bonchev–Trinajstić information content (AvgIpc) is 2.81. The molecule has 0 aliphatic carbocycles. The smallest absolute Gasteiger partial charge is 0.343 e. The summed E-state index contributed by atoms with van der Waals surface area (Å²) in [6.45, 7) is 0. The van der Waals surface area contributed by atoms with Crippen LogP contribution < -0.4 is 0 Å². The third-order valence-corrected chi connectivity index (χ3v) is 2.08. The first-order valence-corrected chi connectivity index (χ1v) is 4.49. The van der Waals surface area contributed by atoms with Gasteiger partial charge in [-0.15, -0.1) is 5.10 Å².